The molecule has 6 rings (SSSR count). The van der Waals surface area contributed by atoms with Crippen LogP contribution in [0.4, 0.5) is 0 Å². The van der Waals surface area contributed by atoms with Gasteiger partial charge >= 0.3 is 0 Å². The van der Waals surface area contributed by atoms with E-state index >= 15 is 0 Å². The summed E-state index contributed by atoms with van der Waals surface area (Å²) in [4.78, 5) is 12.8. The average Bonchev–Trinajstić information content (AvgIpc) is 3.16. The molecule has 3 saturated carbocycles. The zero-order chi connectivity index (χ0) is 23.3. The van der Waals surface area contributed by atoms with Crippen molar-refractivity contribution >= 4 is 5.78 Å². The van der Waals surface area contributed by atoms with Crippen molar-refractivity contribution in [3.05, 3.63) is 11.8 Å². The van der Waals surface area contributed by atoms with E-state index in [1.165, 1.54) is 25.7 Å². The average molecular weight is 473 g/mol. The molecule has 3 unspecified atom stereocenters. The van der Waals surface area contributed by atoms with Crippen molar-refractivity contribution in [2.45, 2.75) is 116 Å². The van der Waals surface area contributed by atoms with Gasteiger partial charge in [-0.05, 0) is 94.0 Å². The number of carbonyl (C=O) groups excluding carboxylic acids is 1. The number of Topliss-reactive ketones (excluding diaryl/α,β-unsaturated/α-hetero) is 1. The predicted octanol–water partition coefficient (Wildman–Crippen LogP) is 6.16. The standard InChI is InChI=1S/C29H44O5/c1-28-14-13-23-21(22(28)11-12-24(28)30)10-9-19-17-20(33-26-7-3-5-15-31-26)18-25(29(19,23)2)34-27-8-4-6-16-32-27/h17,19,21-23,25-27H,3-16,18H2,1-2H3/t19?,21-,22-,23-,25-,26?,27?,28-,29-/m0/s1. The van der Waals surface area contributed by atoms with Crippen LogP contribution in [0.2, 0.25) is 0 Å². The minimum absolute atomic E-state index is 0.0664. The molecule has 5 fully saturated rings. The maximum Gasteiger partial charge on any atom is 0.199 e. The summed E-state index contributed by atoms with van der Waals surface area (Å²) in [6.07, 6.45) is 16.3. The van der Waals surface area contributed by atoms with Crippen LogP contribution in [0.15, 0.2) is 11.8 Å². The summed E-state index contributed by atoms with van der Waals surface area (Å²) >= 11 is 0. The van der Waals surface area contributed by atoms with Crippen molar-refractivity contribution in [1.82, 2.24) is 0 Å². The number of ether oxygens (including phenoxy) is 4. The highest BCUT2D eigenvalue weighted by Gasteiger charge is 2.62. The largest absolute Gasteiger partial charge is 0.470 e. The lowest BCUT2D eigenvalue weighted by Crippen LogP contribution is -2.58. The molecular formula is C29H44O5. The second kappa shape index (κ2) is 9.19. The molecule has 0 amide bonds. The summed E-state index contributed by atoms with van der Waals surface area (Å²) in [6.45, 7) is 6.39. The molecule has 190 valence electrons. The lowest BCUT2D eigenvalue weighted by atomic mass is 9.45. The van der Waals surface area contributed by atoms with Crippen LogP contribution < -0.4 is 0 Å². The van der Waals surface area contributed by atoms with E-state index in [4.69, 9.17) is 18.9 Å². The maximum atomic E-state index is 12.8. The van der Waals surface area contributed by atoms with Crippen LogP contribution in [0.3, 0.4) is 0 Å². The van der Waals surface area contributed by atoms with E-state index in [2.05, 4.69) is 19.9 Å². The van der Waals surface area contributed by atoms with Crippen LogP contribution in [0.1, 0.15) is 97.3 Å². The van der Waals surface area contributed by atoms with Gasteiger partial charge in [0.1, 0.15) is 5.78 Å². The minimum Gasteiger partial charge on any atom is -0.470 e. The second-order valence-corrected chi connectivity index (χ2v) is 12.5. The third-order valence-electron chi connectivity index (χ3n) is 10.9. The van der Waals surface area contributed by atoms with Crippen LogP contribution in [-0.2, 0) is 23.7 Å². The second-order valence-electron chi connectivity index (χ2n) is 12.5. The van der Waals surface area contributed by atoms with E-state index in [0.717, 1.165) is 76.8 Å². The maximum absolute atomic E-state index is 12.8. The molecule has 0 bridgehead atoms. The van der Waals surface area contributed by atoms with Crippen molar-refractivity contribution in [2.24, 2.45) is 34.5 Å². The number of hydrogen-bond acceptors (Lipinski definition) is 5. The smallest absolute Gasteiger partial charge is 0.199 e. The van der Waals surface area contributed by atoms with Crippen molar-refractivity contribution < 1.29 is 23.7 Å². The number of fused-ring (bicyclic) bond motifs is 5. The highest BCUT2D eigenvalue weighted by atomic mass is 16.7. The van der Waals surface area contributed by atoms with Crippen LogP contribution in [0.25, 0.3) is 0 Å². The van der Waals surface area contributed by atoms with Gasteiger partial charge in [-0.25, -0.2) is 0 Å². The van der Waals surface area contributed by atoms with E-state index in [-0.39, 0.29) is 29.5 Å². The zero-order valence-electron chi connectivity index (χ0n) is 21.3. The molecule has 0 N–H and O–H groups in total. The lowest BCUT2D eigenvalue weighted by Gasteiger charge is -2.61. The molecule has 6 aliphatic rings. The molecule has 5 nitrogen and oxygen atoms in total. The number of allylic oxidation sites excluding steroid dienone is 1. The Morgan fingerprint density at radius 2 is 1.65 bits per heavy atom. The molecule has 34 heavy (non-hydrogen) atoms. The van der Waals surface area contributed by atoms with Gasteiger partial charge in [0.15, 0.2) is 12.6 Å². The summed E-state index contributed by atoms with van der Waals surface area (Å²) in [6, 6.07) is 0. The first-order valence-electron chi connectivity index (χ1n) is 14.3. The molecule has 9 atom stereocenters. The lowest BCUT2D eigenvalue weighted by molar-refractivity contribution is -0.245. The monoisotopic (exact) mass is 472 g/mol. The van der Waals surface area contributed by atoms with Gasteiger partial charge in [-0.2, -0.15) is 0 Å². The van der Waals surface area contributed by atoms with Gasteiger partial charge in [-0.15, -0.1) is 0 Å². The van der Waals surface area contributed by atoms with Crippen molar-refractivity contribution in [3.63, 3.8) is 0 Å². The van der Waals surface area contributed by atoms with Gasteiger partial charge in [0, 0.05) is 36.7 Å². The summed E-state index contributed by atoms with van der Waals surface area (Å²) in [5, 5.41) is 0. The summed E-state index contributed by atoms with van der Waals surface area (Å²) < 4.78 is 25.3. The first-order valence-corrected chi connectivity index (χ1v) is 14.3. The predicted molar refractivity (Wildman–Crippen MR) is 129 cm³/mol. The summed E-state index contributed by atoms with van der Waals surface area (Å²) in [5.74, 6) is 3.86. The molecule has 4 aliphatic carbocycles. The van der Waals surface area contributed by atoms with Gasteiger partial charge in [-0.1, -0.05) is 13.8 Å². The van der Waals surface area contributed by atoms with Crippen LogP contribution in [-0.4, -0.2) is 37.7 Å². The Kier molecular flexibility index (Phi) is 6.35. The van der Waals surface area contributed by atoms with Gasteiger partial charge in [-0.3, -0.25) is 4.79 Å². The van der Waals surface area contributed by atoms with E-state index in [1.807, 2.05) is 0 Å². The Bertz CT molecular complexity index is 796. The van der Waals surface area contributed by atoms with Crippen molar-refractivity contribution in [1.29, 1.82) is 0 Å². The summed E-state index contributed by atoms with van der Waals surface area (Å²) in [5.41, 5.74) is -0.0126. The Balaban J connectivity index is 1.28. The topological polar surface area (TPSA) is 54.0 Å². The third-order valence-corrected chi connectivity index (χ3v) is 10.9. The number of rotatable bonds is 4. The van der Waals surface area contributed by atoms with Gasteiger partial charge in [0.2, 0.25) is 0 Å². The van der Waals surface area contributed by atoms with E-state index in [9.17, 15) is 4.79 Å². The molecule has 2 heterocycles. The molecule has 0 aromatic heterocycles. The van der Waals surface area contributed by atoms with Crippen molar-refractivity contribution in [3.8, 4) is 0 Å². The molecule has 0 radical (unpaired) electrons. The highest BCUT2D eigenvalue weighted by Crippen LogP contribution is 2.65. The number of ketones is 1. The molecule has 0 aromatic carbocycles. The molecular weight excluding hydrogens is 428 g/mol. The fourth-order valence-electron chi connectivity index (χ4n) is 8.88. The SMILES string of the molecule is C[C@@]12C(C=C(OC3CCCCO3)C[C@@H]1OC1CCCCO1)CC[C@@H]1[C@@H]2CC[C@]2(C)C(=O)CC[C@@H]12. The van der Waals surface area contributed by atoms with E-state index < -0.39 is 0 Å². The molecule has 0 aromatic rings. The highest BCUT2D eigenvalue weighted by molar-refractivity contribution is 5.87. The Morgan fingerprint density at radius 1 is 0.882 bits per heavy atom. The van der Waals surface area contributed by atoms with Gasteiger partial charge in [0.25, 0.3) is 0 Å². The molecule has 5 heteroatoms. The quantitative estimate of drug-likeness (QED) is 0.491. The fourth-order valence-corrected chi connectivity index (χ4v) is 8.88. The molecule has 2 saturated heterocycles. The van der Waals surface area contributed by atoms with E-state index in [0.29, 0.717) is 29.5 Å². The molecule has 0 spiro atoms. The summed E-state index contributed by atoms with van der Waals surface area (Å²) in [7, 11) is 0. The Hall–Kier alpha value is -0.910. The van der Waals surface area contributed by atoms with Crippen molar-refractivity contribution in [2.75, 3.05) is 13.2 Å². The Morgan fingerprint density at radius 3 is 2.38 bits per heavy atom. The zero-order valence-corrected chi connectivity index (χ0v) is 21.3. The number of hydrogen-bond donors (Lipinski definition) is 0. The van der Waals surface area contributed by atoms with E-state index in [1.54, 1.807) is 0 Å². The Labute approximate surface area is 205 Å². The first-order chi connectivity index (χ1) is 16.5. The van der Waals surface area contributed by atoms with Crippen LogP contribution in [0.5, 0.6) is 0 Å². The fraction of sp³-hybridized carbons (Fsp3) is 0.897. The van der Waals surface area contributed by atoms with Gasteiger partial charge in [0.05, 0.1) is 18.5 Å². The molecule has 2 aliphatic heterocycles. The normalized spacial score (nSPS) is 48.9. The number of carbonyl (C=O) groups is 1. The minimum atomic E-state index is -0.104. The third kappa shape index (κ3) is 3.89. The first kappa shape index (κ1) is 23.5. The van der Waals surface area contributed by atoms with Crippen LogP contribution in [0, 0.1) is 34.5 Å². The van der Waals surface area contributed by atoms with Crippen LogP contribution >= 0.6 is 0 Å². The van der Waals surface area contributed by atoms with Gasteiger partial charge < -0.3 is 18.9 Å².